The molecule has 6 heteroatoms. The minimum absolute atomic E-state index is 0.107. The number of anilines is 1. The molecule has 1 fully saturated rings. The molecule has 0 saturated heterocycles. The highest BCUT2D eigenvalue weighted by molar-refractivity contribution is 7.10. The molecular weight excluding hydrogens is 432 g/mol. The predicted molar refractivity (Wildman–Crippen MR) is 133 cm³/mol. The summed E-state index contributed by atoms with van der Waals surface area (Å²) >= 11 is 1.55. The van der Waals surface area contributed by atoms with E-state index in [1.807, 2.05) is 79.0 Å². The van der Waals surface area contributed by atoms with E-state index in [0.29, 0.717) is 12.3 Å². The Kier molecular flexibility index (Phi) is 7.79. The van der Waals surface area contributed by atoms with Gasteiger partial charge in [0.1, 0.15) is 11.8 Å². The standard InChI is InChI=1S/C27H30N2O3S/c1-2-32-23-16-14-20(15-17-23)26(27(31)28-21-9-6-7-10-21)29(22-11-4-3-5-12-22)25(30)19-24-13-8-18-33-24/h3-5,8,11-18,21,26H,2,6-7,9-10,19H2,1H3,(H,28,31). The summed E-state index contributed by atoms with van der Waals surface area (Å²) in [5.41, 5.74) is 1.47. The second kappa shape index (κ2) is 11.1. The maximum Gasteiger partial charge on any atom is 0.248 e. The number of rotatable bonds is 9. The van der Waals surface area contributed by atoms with E-state index in [-0.39, 0.29) is 24.3 Å². The summed E-state index contributed by atoms with van der Waals surface area (Å²) in [7, 11) is 0. The second-order valence-corrected chi connectivity index (χ2v) is 9.28. The molecule has 1 N–H and O–H groups in total. The van der Waals surface area contributed by atoms with Gasteiger partial charge >= 0.3 is 0 Å². The van der Waals surface area contributed by atoms with Crippen molar-refractivity contribution in [2.75, 3.05) is 11.5 Å². The summed E-state index contributed by atoms with van der Waals surface area (Å²) in [5, 5.41) is 5.18. The number of thiophene rings is 1. The van der Waals surface area contributed by atoms with E-state index in [2.05, 4.69) is 5.32 Å². The van der Waals surface area contributed by atoms with Gasteiger partial charge in [-0.2, -0.15) is 0 Å². The van der Waals surface area contributed by atoms with Crippen LogP contribution in [0.5, 0.6) is 5.75 Å². The lowest BCUT2D eigenvalue weighted by Gasteiger charge is -2.32. The molecule has 3 aromatic rings. The van der Waals surface area contributed by atoms with Crippen molar-refractivity contribution in [3.8, 4) is 5.75 Å². The van der Waals surface area contributed by atoms with E-state index in [1.165, 1.54) is 0 Å². The molecule has 172 valence electrons. The summed E-state index contributed by atoms with van der Waals surface area (Å²) in [6.45, 7) is 2.51. The minimum atomic E-state index is -0.767. The molecule has 0 bridgehead atoms. The van der Waals surface area contributed by atoms with Crippen molar-refractivity contribution in [1.82, 2.24) is 5.32 Å². The van der Waals surface area contributed by atoms with E-state index in [9.17, 15) is 9.59 Å². The van der Waals surface area contributed by atoms with Gasteiger partial charge in [-0.1, -0.05) is 49.2 Å². The van der Waals surface area contributed by atoms with Gasteiger partial charge in [-0.25, -0.2) is 0 Å². The van der Waals surface area contributed by atoms with Crippen molar-refractivity contribution in [3.63, 3.8) is 0 Å². The van der Waals surface area contributed by atoms with Crippen molar-refractivity contribution in [1.29, 1.82) is 0 Å². The fraction of sp³-hybridized carbons (Fsp3) is 0.333. The van der Waals surface area contributed by atoms with Crippen LogP contribution in [0.2, 0.25) is 0 Å². The van der Waals surface area contributed by atoms with Gasteiger partial charge < -0.3 is 10.1 Å². The van der Waals surface area contributed by atoms with E-state index in [0.717, 1.165) is 41.9 Å². The van der Waals surface area contributed by atoms with E-state index < -0.39 is 6.04 Å². The highest BCUT2D eigenvalue weighted by Crippen LogP contribution is 2.31. The first-order valence-corrected chi connectivity index (χ1v) is 12.5. The summed E-state index contributed by atoms with van der Waals surface area (Å²) in [6.07, 6.45) is 4.46. The average Bonchev–Trinajstić information content (AvgIpc) is 3.53. The molecule has 1 atom stereocenters. The molecule has 1 aliphatic rings. The molecule has 1 heterocycles. The van der Waals surface area contributed by atoms with Crippen LogP contribution in [0.3, 0.4) is 0 Å². The Morgan fingerprint density at radius 1 is 1.03 bits per heavy atom. The molecule has 0 spiro atoms. The summed E-state index contributed by atoms with van der Waals surface area (Å²) in [6, 6.07) is 20.3. The van der Waals surface area contributed by atoms with Gasteiger partial charge in [0.2, 0.25) is 11.8 Å². The van der Waals surface area contributed by atoms with E-state index in [4.69, 9.17) is 4.74 Å². The summed E-state index contributed by atoms with van der Waals surface area (Å²) < 4.78 is 5.59. The molecule has 1 unspecified atom stereocenters. The maximum atomic E-state index is 13.7. The molecule has 1 saturated carbocycles. The minimum Gasteiger partial charge on any atom is -0.494 e. The number of carbonyl (C=O) groups is 2. The van der Waals surface area contributed by atoms with Crippen LogP contribution < -0.4 is 15.0 Å². The van der Waals surface area contributed by atoms with Gasteiger partial charge in [0.15, 0.2) is 0 Å². The lowest BCUT2D eigenvalue weighted by molar-refractivity contribution is -0.127. The molecule has 1 aliphatic carbocycles. The van der Waals surface area contributed by atoms with E-state index >= 15 is 0 Å². The van der Waals surface area contributed by atoms with Crippen LogP contribution in [-0.4, -0.2) is 24.5 Å². The van der Waals surface area contributed by atoms with Gasteiger partial charge in [0, 0.05) is 16.6 Å². The summed E-state index contributed by atoms with van der Waals surface area (Å²) in [5.74, 6) is 0.492. The number of hydrogen-bond acceptors (Lipinski definition) is 4. The molecule has 5 nitrogen and oxygen atoms in total. The van der Waals surface area contributed by atoms with Crippen molar-refractivity contribution in [3.05, 3.63) is 82.6 Å². The van der Waals surface area contributed by atoms with Crippen LogP contribution in [0.1, 0.15) is 49.1 Å². The zero-order chi connectivity index (χ0) is 23.0. The quantitative estimate of drug-likeness (QED) is 0.455. The number of hydrogen-bond donors (Lipinski definition) is 1. The maximum absolute atomic E-state index is 13.7. The SMILES string of the molecule is CCOc1ccc(C(C(=O)NC2CCCC2)N(C(=O)Cc2cccs2)c2ccccc2)cc1. The Balaban J connectivity index is 1.72. The lowest BCUT2D eigenvalue weighted by atomic mass is 10.0. The average molecular weight is 463 g/mol. The van der Waals surface area contributed by atoms with Crippen molar-refractivity contribution < 1.29 is 14.3 Å². The number of nitrogens with zero attached hydrogens (tertiary/aromatic N) is 1. The van der Waals surface area contributed by atoms with Crippen LogP contribution in [-0.2, 0) is 16.0 Å². The van der Waals surface area contributed by atoms with Gasteiger partial charge in [0.05, 0.1) is 13.0 Å². The normalized spacial score (nSPS) is 14.6. The van der Waals surface area contributed by atoms with Crippen LogP contribution in [0.4, 0.5) is 5.69 Å². The zero-order valence-corrected chi connectivity index (χ0v) is 19.7. The summed E-state index contributed by atoms with van der Waals surface area (Å²) in [4.78, 5) is 30.0. The van der Waals surface area contributed by atoms with Crippen LogP contribution in [0, 0.1) is 0 Å². The lowest BCUT2D eigenvalue weighted by Crippen LogP contribution is -2.46. The Bertz CT molecular complexity index is 1030. The van der Waals surface area contributed by atoms with Gasteiger partial charge in [-0.05, 0) is 61.0 Å². The smallest absolute Gasteiger partial charge is 0.248 e. The highest BCUT2D eigenvalue weighted by atomic mass is 32.1. The van der Waals surface area contributed by atoms with Crippen LogP contribution >= 0.6 is 11.3 Å². The molecule has 0 aliphatic heterocycles. The number of carbonyl (C=O) groups excluding carboxylic acids is 2. The van der Waals surface area contributed by atoms with Gasteiger partial charge in [-0.15, -0.1) is 11.3 Å². The molecular formula is C27H30N2O3S. The van der Waals surface area contributed by atoms with Crippen LogP contribution in [0.25, 0.3) is 0 Å². The third-order valence-electron chi connectivity index (χ3n) is 5.92. The molecule has 0 radical (unpaired) electrons. The largest absolute Gasteiger partial charge is 0.494 e. The third kappa shape index (κ3) is 5.82. The Morgan fingerprint density at radius 3 is 2.39 bits per heavy atom. The monoisotopic (exact) mass is 462 g/mol. The first-order chi connectivity index (χ1) is 16.2. The number of benzene rings is 2. The first kappa shape index (κ1) is 23.1. The fourth-order valence-electron chi connectivity index (χ4n) is 4.35. The van der Waals surface area contributed by atoms with Crippen molar-refractivity contribution in [2.45, 2.75) is 51.1 Å². The molecule has 33 heavy (non-hydrogen) atoms. The number of ether oxygens (including phenoxy) is 1. The topological polar surface area (TPSA) is 58.6 Å². The van der Waals surface area contributed by atoms with Gasteiger partial charge in [-0.3, -0.25) is 14.5 Å². The predicted octanol–water partition coefficient (Wildman–Crippen LogP) is 5.52. The number of amides is 2. The molecule has 1 aromatic heterocycles. The molecule has 2 amide bonds. The highest BCUT2D eigenvalue weighted by Gasteiger charge is 2.34. The van der Waals surface area contributed by atoms with Crippen molar-refractivity contribution in [2.24, 2.45) is 0 Å². The van der Waals surface area contributed by atoms with E-state index in [1.54, 1.807) is 16.2 Å². The van der Waals surface area contributed by atoms with Crippen molar-refractivity contribution >= 4 is 28.8 Å². The molecule has 4 rings (SSSR count). The molecule has 2 aromatic carbocycles. The zero-order valence-electron chi connectivity index (χ0n) is 18.9. The number of para-hydroxylation sites is 1. The van der Waals surface area contributed by atoms with Crippen LogP contribution in [0.15, 0.2) is 72.1 Å². The fourth-order valence-corrected chi connectivity index (χ4v) is 5.05. The Labute approximate surface area is 199 Å². The first-order valence-electron chi connectivity index (χ1n) is 11.6. The second-order valence-electron chi connectivity index (χ2n) is 8.25. The Hall–Kier alpha value is -3.12. The Morgan fingerprint density at radius 2 is 1.76 bits per heavy atom. The van der Waals surface area contributed by atoms with Gasteiger partial charge in [0.25, 0.3) is 0 Å². The third-order valence-corrected chi connectivity index (χ3v) is 6.80. The number of nitrogens with one attached hydrogen (secondary N) is 1.